The summed E-state index contributed by atoms with van der Waals surface area (Å²) < 4.78 is 10.1. The van der Waals surface area contributed by atoms with Gasteiger partial charge in [-0.2, -0.15) is 0 Å². The molecule has 3 atom stereocenters. The van der Waals surface area contributed by atoms with Crippen molar-refractivity contribution in [3.8, 4) is 0 Å². The number of Topliss-reactive ketones (excluding diaryl/α,β-unsaturated/α-hetero) is 1. The molecule has 1 aliphatic heterocycles. The summed E-state index contributed by atoms with van der Waals surface area (Å²) in [5, 5.41) is 3.86. The van der Waals surface area contributed by atoms with Crippen molar-refractivity contribution in [1.29, 1.82) is 0 Å². The molecular weight excluding hydrogens is 429 g/mol. The van der Waals surface area contributed by atoms with Gasteiger partial charge >= 0.3 is 11.9 Å². The fourth-order valence-corrected chi connectivity index (χ4v) is 4.49. The van der Waals surface area contributed by atoms with Gasteiger partial charge in [0.15, 0.2) is 5.78 Å². The fraction of sp³-hybridized carbons (Fsp3) is 0.409. The molecule has 0 fully saturated rings. The lowest BCUT2D eigenvalue weighted by molar-refractivity contribution is -0.151. The number of hydrogen-bond acceptors (Lipinski definition) is 6. The van der Waals surface area contributed by atoms with Crippen LogP contribution in [0.3, 0.4) is 0 Å². The smallest absolute Gasteiger partial charge is 0.336 e. The van der Waals surface area contributed by atoms with Gasteiger partial charge in [-0.15, -0.1) is 0 Å². The first-order valence-corrected chi connectivity index (χ1v) is 10.4. The monoisotopic (exact) mass is 451 g/mol. The van der Waals surface area contributed by atoms with Crippen LogP contribution in [0.4, 0.5) is 0 Å². The third-order valence-electron chi connectivity index (χ3n) is 5.52. The normalized spacial score (nSPS) is 23.7. The second-order valence-corrected chi connectivity index (χ2v) is 8.24. The second-order valence-electron chi connectivity index (χ2n) is 7.43. The molecule has 0 saturated carbocycles. The average Bonchev–Trinajstić information content (AvgIpc) is 2.68. The first-order valence-electron chi connectivity index (χ1n) is 9.66. The maximum absolute atomic E-state index is 13.5. The summed E-state index contributed by atoms with van der Waals surface area (Å²) in [4.78, 5) is 38.7. The van der Waals surface area contributed by atoms with Gasteiger partial charge in [-0.1, -0.05) is 36.2 Å². The quantitative estimate of drug-likeness (QED) is 0.546. The zero-order chi connectivity index (χ0) is 22.2. The van der Waals surface area contributed by atoms with E-state index in [1.165, 1.54) is 7.11 Å². The molecule has 30 heavy (non-hydrogen) atoms. The molecule has 8 heteroatoms. The maximum atomic E-state index is 13.5. The van der Waals surface area contributed by atoms with Crippen LogP contribution in [0.2, 0.25) is 10.0 Å². The van der Waals surface area contributed by atoms with Gasteiger partial charge in [0.25, 0.3) is 0 Å². The van der Waals surface area contributed by atoms with E-state index in [-0.39, 0.29) is 18.3 Å². The van der Waals surface area contributed by atoms with Crippen LogP contribution in [0.5, 0.6) is 0 Å². The van der Waals surface area contributed by atoms with E-state index in [0.29, 0.717) is 44.6 Å². The number of allylic oxidation sites excluding steroid dienone is 3. The van der Waals surface area contributed by atoms with E-state index in [1.54, 1.807) is 32.0 Å². The summed E-state index contributed by atoms with van der Waals surface area (Å²) in [6.45, 7) is 5.50. The highest BCUT2D eigenvalue weighted by Gasteiger charge is 2.47. The van der Waals surface area contributed by atoms with E-state index in [9.17, 15) is 14.4 Å². The largest absolute Gasteiger partial charge is 0.468 e. The Morgan fingerprint density at radius 2 is 1.93 bits per heavy atom. The molecule has 3 rings (SSSR count). The average molecular weight is 452 g/mol. The van der Waals surface area contributed by atoms with Crippen LogP contribution in [0, 0.1) is 11.8 Å². The summed E-state index contributed by atoms with van der Waals surface area (Å²) in [5.41, 5.74) is 2.57. The summed E-state index contributed by atoms with van der Waals surface area (Å²) in [6, 6.07) is 4.97. The Morgan fingerprint density at radius 3 is 2.53 bits per heavy atom. The van der Waals surface area contributed by atoms with Gasteiger partial charge in [0.1, 0.15) is 5.92 Å². The summed E-state index contributed by atoms with van der Waals surface area (Å²) in [5.74, 6) is -3.41. The highest BCUT2D eigenvalue weighted by Crippen LogP contribution is 2.46. The fourth-order valence-electron chi connectivity index (χ4n) is 4.19. The Morgan fingerprint density at radius 1 is 1.23 bits per heavy atom. The molecule has 0 spiro atoms. The SMILES string of the molecule is CCOC(=O)C1=C(C)NC2=C(C(=O)[C@@H](C(=O)OC)[C@@H](C)C2)[C@@H]1c1ccc(Cl)c(Cl)c1. The molecule has 0 saturated heterocycles. The number of ether oxygens (including phenoxy) is 2. The lowest BCUT2D eigenvalue weighted by atomic mass is 9.69. The Bertz CT molecular complexity index is 982. The molecule has 1 heterocycles. The van der Waals surface area contributed by atoms with E-state index >= 15 is 0 Å². The molecule has 6 nitrogen and oxygen atoms in total. The standard InChI is InChI=1S/C22H23Cl2NO5/c1-5-30-22(28)17-11(3)25-15-8-10(2)16(21(27)29-4)20(26)19(15)18(17)12-6-7-13(23)14(24)9-12/h6-7,9-10,16,18,25H,5,8H2,1-4H3/t10-,16-,18+/m0/s1. The Labute approximate surface area is 185 Å². The van der Waals surface area contributed by atoms with E-state index in [1.807, 2.05) is 6.92 Å². The predicted octanol–water partition coefficient (Wildman–Crippen LogP) is 4.17. The molecule has 0 aromatic heterocycles. The van der Waals surface area contributed by atoms with Gasteiger partial charge in [-0.3, -0.25) is 9.59 Å². The van der Waals surface area contributed by atoms with Crippen LogP contribution in [0.15, 0.2) is 40.7 Å². The van der Waals surface area contributed by atoms with Crippen molar-refractivity contribution in [3.63, 3.8) is 0 Å². The predicted molar refractivity (Wildman–Crippen MR) is 113 cm³/mol. The molecular formula is C22H23Cl2NO5. The molecule has 0 amide bonds. The van der Waals surface area contributed by atoms with Crippen LogP contribution < -0.4 is 5.32 Å². The highest BCUT2D eigenvalue weighted by molar-refractivity contribution is 6.42. The van der Waals surface area contributed by atoms with Crippen molar-refractivity contribution in [3.05, 3.63) is 56.3 Å². The minimum atomic E-state index is -0.942. The lowest BCUT2D eigenvalue weighted by Crippen LogP contribution is -2.43. The first-order chi connectivity index (χ1) is 14.2. The molecule has 1 aromatic carbocycles. The molecule has 1 aliphatic carbocycles. The molecule has 2 aliphatic rings. The van der Waals surface area contributed by atoms with Crippen molar-refractivity contribution in [2.45, 2.75) is 33.1 Å². The van der Waals surface area contributed by atoms with Gasteiger partial charge in [0, 0.05) is 22.9 Å². The Balaban J connectivity index is 2.21. The van der Waals surface area contributed by atoms with Crippen molar-refractivity contribution in [2.75, 3.05) is 13.7 Å². The minimum Gasteiger partial charge on any atom is -0.468 e. The number of benzene rings is 1. The first kappa shape index (κ1) is 22.4. The zero-order valence-corrected chi connectivity index (χ0v) is 18.7. The van der Waals surface area contributed by atoms with E-state index < -0.39 is 23.8 Å². The molecule has 0 bridgehead atoms. The summed E-state index contributed by atoms with van der Waals surface area (Å²) >= 11 is 12.3. The number of esters is 2. The number of nitrogens with one attached hydrogen (secondary N) is 1. The molecule has 160 valence electrons. The number of halogens is 2. The number of dihydropyridines is 1. The zero-order valence-electron chi connectivity index (χ0n) is 17.2. The third-order valence-corrected chi connectivity index (χ3v) is 6.25. The van der Waals surface area contributed by atoms with Crippen LogP contribution in [-0.2, 0) is 23.9 Å². The van der Waals surface area contributed by atoms with Gasteiger partial charge in [-0.25, -0.2) is 4.79 Å². The molecule has 1 N–H and O–H groups in total. The molecule has 0 unspecified atom stereocenters. The highest BCUT2D eigenvalue weighted by atomic mass is 35.5. The number of hydrogen-bond donors (Lipinski definition) is 1. The summed E-state index contributed by atoms with van der Waals surface area (Å²) in [6.07, 6.45) is 0.464. The maximum Gasteiger partial charge on any atom is 0.336 e. The molecule has 0 radical (unpaired) electrons. The van der Waals surface area contributed by atoms with Crippen molar-refractivity contribution < 1.29 is 23.9 Å². The van der Waals surface area contributed by atoms with Crippen LogP contribution >= 0.6 is 23.2 Å². The van der Waals surface area contributed by atoms with Crippen LogP contribution in [0.1, 0.15) is 38.7 Å². The number of carbonyl (C=O) groups is 3. The lowest BCUT2D eigenvalue weighted by Gasteiger charge is -2.38. The van der Waals surface area contributed by atoms with Crippen LogP contribution in [-0.4, -0.2) is 31.4 Å². The van der Waals surface area contributed by atoms with Crippen molar-refractivity contribution in [2.24, 2.45) is 11.8 Å². The number of carbonyl (C=O) groups excluding carboxylic acids is 3. The Kier molecular flexibility index (Phi) is 6.58. The third kappa shape index (κ3) is 3.86. The van der Waals surface area contributed by atoms with Gasteiger partial charge in [-0.05, 0) is 43.9 Å². The van der Waals surface area contributed by atoms with E-state index in [2.05, 4.69) is 5.32 Å². The van der Waals surface area contributed by atoms with Gasteiger partial charge < -0.3 is 14.8 Å². The van der Waals surface area contributed by atoms with Crippen molar-refractivity contribution >= 4 is 40.9 Å². The number of ketones is 1. The van der Waals surface area contributed by atoms with Gasteiger partial charge in [0.2, 0.25) is 0 Å². The van der Waals surface area contributed by atoms with Gasteiger partial charge in [0.05, 0.1) is 29.3 Å². The summed E-state index contributed by atoms with van der Waals surface area (Å²) in [7, 11) is 1.26. The topological polar surface area (TPSA) is 81.7 Å². The van der Waals surface area contributed by atoms with Crippen molar-refractivity contribution in [1.82, 2.24) is 5.32 Å². The number of methoxy groups -OCH3 is 1. The van der Waals surface area contributed by atoms with E-state index in [4.69, 9.17) is 32.7 Å². The van der Waals surface area contributed by atoms with Crippen LogP contribution in [0.25, 0.3) is 0 Å². The van der Waals surface area contributed by atoms with E-state index in [0.717, 1.165) is 0 Å². The minimum absolute atomic E-state index is 0.186. The number of rotatable bonds is 4. The molecule has 1 aromatic rings. The Hall–Kier alpha value is -2.31. The second kappa shape index (κ2) is 8.82.